The van der Waals surface area contributed by atoms with Gasteiger partial charge in [-0.2, -0.15) is 10.2 Å². The molecule has 0 spiro atoms. The van der Waals surface area contributed by atoms with Crippen LogP contribution in [0.1, 0.15) is 45.9 Å². The summed E-state index contributed by atoms with van der Waals surface area (Å²) in [5.74, 6) is 0.677. The van der Waals surface area contributed by atoms with Crippen LogP contribution in [0, 0.1) is 0 Å². The lowest BCUT2D eigenvalue weighted by atomic mass is 10.1. The summed E-state index contributed by atoms with van der Waals surface area (Å²) in [6.45, 7) is 8.21. The number of hydrogen-bond acceptors (Lipinski definition) is 3. The zero-order valence-electron chi connectivity index (χ0n) is 17.1. The van der Waals surface area contributed by atoms with Gasteiger partial charge in [-0.1, -0.05) is 37.3 Å². The van der Waals surface area contributed by atoms with Gasteiger partial charge in [0.25, 0.3) is 0 Å². The Morgan fingerprint density at radius 1 is 1.14 bits per heavy atom. The lowest BCUT2D eigenvalue weighted by Gasteiger charge is -2.24. The highest BCUT2D eigenvalue weighted by molar-refractivity contribution is 5.93. The van der Waals surface area contributed by atoms with E-state index in [9.17, 15) is 4.79 Å². The number of aryl methyl sites for hydroxylation is 1. The average molecular weight is 380 g/mol. The molecule has 1 unspecified atom stereocenters. The summed E-state index contributed by atoms with van der Waals surface area (Å²) in [5, 5.41) is 14.8. The topological polar surface area (TPSA) is 76.8 Å². The first-order valence-corrected chi connectivity index (χ1v) is 9.50. The number of hydrogen-bond donors (Lipinski definition) is 2. The minimum atomic E-state index is -0.276. The van der Waals surface area contributed by atoms with Gasteiger partial charge in [-0.3, -0.25) is 10.00 Å². The fourth-order valence-electron chi connectivity index (χ4n) is 3.22. The molecular weight excluding hydrogens is 352 g/mol. The van der Waals surface area contributed by atoms with Gasteiger partial charge in [-0.05, 0) is 38.8 Å². The fourth-order valence-corrected chi connectivity index (χ4v) is 3.22. The first kappa shape index (κ1) is 19.7. The molecule has 1 atom stereocenters. The zero-order valence-corrected chi connectivity index (χ0v) is 17.1. The number of carbonyl (C=O) groups excluding carboxylic acids is 1. The lowest BCUT2D eigenvalue weighted by molar-refractivity contribution is 0.247. The Labute approximate surface area is 165 Å². The molecule has 0 fully saturated rings. The van der Waals surface area contributed by atoms with Gasteiger partial charge in [0.1, 0.15) is 5.82 Å². The van der Waals surface area contributed by atoms with Crippen molar-refractivity contribution in [2.45, 2.75) is 45.7 Å². The van der Waals surface area contributed by atoms with Crippen molar-refractivity contribution in [3.8, 4) is 11.1 Å². The molecule has 0 aliphatic heterocycles. The van der Waals surface area contributed by atoms with E-state index in [1.165, 1.54) is 0 Å². The van der Waals surface area contributed by atoms with Crippen LogP contribution < -0.4 is 10.6 Å². The molecule has 2 amide bonds. The third-order valence-corrected chi connectivity index (χ3v) is 4.65. The second-order valence-corrected chi connectivity index (χ2v) is 7.79. The molecule has 7 heteroatoms. The Balaban J connectivity index is 1.89. The molecular formula is C21H28N6O. The Bertz CT molecular complexity index is 935. The smallest absolute Gasteiger partial charge is 0.320 e. The molecule has 0 aliphatic rings. The highest BCUT2D eigenvalue weighted by atomic mass is 16.2. The maximum Gasteiger partial charge on any atom is 0.320 e. The first-order valence-electron chi connectivity index (χ1n) is 9.50. The summed E-state index contributed by atoms with van der Waals surface area (Å²) in [4.78, 5) is 12.9. The number of urea groups is 1. The number of benzene rings is 1. The molecule has 2 heterocycles. The first-order chi connectivity index (χ1) is 13.3. The minimum Gasteiger partial charge on any atom is -0.329 e. The monoisotopic (exact) mass is 380 g/mol. The fraction of sp³-hybridized carbons (Fsp3) is 0.381. The van der Waals surface area contributed by atoms with E-state index in [4.69, 9.17) is 0 Å². The Morgan fingerprint density at radius 2 is 1.86 bits per heavy atom. The van der Waals surface area contributed by atoms with E-state index in [0.717, 1.165) is 23.2 Å². The van der Waals surface area contributed by atoms with Crippen LogP contribution in [0.2, 0.25) is 0 Å². The summed E-state index contributed by atoms with van der Waals surface area (Å²) in [5.41, 5.74) is 2.58. The second-order valence-electron chi connectivity index (χ2n) is 7.79. The SMILES string of the molecule is CCC(NC(=O)Nc1c(-c2ccccc2)cnn1C(C)(C)C)c1ccnn1C. The van der Waals surface area contributed by atoms with Gasteiger partial charge in [0.05, 0.1) is 23.5 Å². The Morgan fingerprint density at radius 3 is 2.43 bits per heavy atom. The average Bonchev–Trinajstić information content (AvgIpc) is 3.26. The lowest BCUT2D eigenvalue weighted by Crippen LogP contribution is -2.35. The summed E-state index contributed by atoms with van der Waals surface area (Å²) in [7, 11) is 1.87. The summed E-state index contributed by atoms with van der Waals surface area (Å²) < 4.78 is 3.63. The van der Waals surface area contributed by atoms with Crippen molar-refractivity contribution in [3.05, 3.63) is 54.5 Å². The molecule has 2 N–H and O–H groups in total. The molecule has 28 heavy (non-hydrogen) atoms. The van der Waals surface area contributed by atoms with Crippen LogP contribution in [0.15, 0.2) is 48.8 Å². The van der Waals surface area contributed by atoms with E-state index in [0.29, 0.717) is 5.82 Å². The summed E-state index contributed by atoms with van der Waals surface area (Å²) >= 11 is 0. The minimum absolute atomic E-state index is 0.126. The van der Waals surface area contributed by atoms with E-state index in [2.05, 4.69) is 41.6 Å². The molecule has 0 radical (unpaired) electrons. The molecule has 0 bridgehead atoms. The van der Waals surface area contributed by atoms with E-state index >= 15 is 0 Å². The predicted octanol–water partition coefficient (Wildman–Crippen LogP) is 4.31. The van der Waals surface area contributed by atoms with E-state index in [-0.39, 0.29) is 17.6 Å². The van der Waals surface area contributed by atoms with Crippen LogP contribution in [-0.2, 0) is 12.6 Å². The Hall–Kier alpha value is -3.09. The van der Waals surface area contributed by atoms with Gasteiger partial charge in [-0.15, -0.1) is 0 Å². The van der Waals surface area contributed by atoms with Crippen molar-refractivity contribution in [1.29, 1.82) is 0 Å². The second kappa shape index (κ2) is 7.88. The van der Waals surface area contributed by atoms with E-state index in [1.807, 2.05) is 55.1 Å². The number of carbonyl (C=O) groups is 1. The molecule has 2 aromatic heterocycles. The van der Waals surface area contributed by atoms with Crippen LogP contribution in [0.25, 0.3) is 11.1 Å². The van der Waals surface area contributed by atoms with Gasteiger partial charge in [0.15, 0.2) is 0 Å². The maximum absolute atomic E-state index is 12.9. The van der Waals surface area contributed by atoms with Gasteiger partial charge in [-0.25, -0.2) is 9.48 Å². The van der Waals surface area contributed by atoms with Crippen molar-refractivity contribution in [2.24, 2.45) is 7.05 Å². The zero-order chi connectivity index (χ0) is 20.3. The molecule has 3 rings (SSSR count). The maximum atomic E-state index is 12.9. The molecule has 148 valence electrons. The van der Waals surface area contributed by atoms with Crippen LogP contribution in [0.4, 0.5) is 10.6 Å². The molecule has 1 aromatic carbocycles. The standard InChI is InChI=1S/C21H28N6O/c1-6-17(18-12-13-22-26(18)5)24-20(28)25-19-16(15-10-8-7-9-11-15)14-23-27(19)21(2,3)4/h7-14,17H,6H2,1-5H3,(H2,24,25,28). The molecule has 0 saturated carbocycles. The third-order valence-electron chi connectivity index (χ3n) is 4.65. The summed E-state index contributed by atoms with van der Waals surface area (Å²) in [6, 6.07) is 11.5. The summed E-state index contributed by atoms with van der Waals surface area (Å²) in [6.07, 6.45) is 4.30. The van der Waals surface area contributed by atoms with Crippen molar-refractivity contribution < 1.29 is 4.79 Å². The molecule has 0 saturated heterocycles. The number of nitrogens with one attached hydrogen (secondary N) is 2. The van der Waals surface area contributed by atoms with Crippen LogP contribution >= 0.6 is 0 Å². The number of aromatic nitrogens is 4. The number of amides is 2. The number of anilines is 1. The third kappa shape index (κ3) is 4.08. The van der Waals surface area contributed by atoms with Crippen molar-refractivity contribution in [2.75, 3.05) is 5.32 Å². The number of rotatable bonds is 5. The van der Waals surface area contributed by atoms with Crippen molar-refractivity contribution in [1.82, 2.24) is 24.9 Å². The van der Waals surface area contributed by atoms with Crippen molar-refractivity contribution in [3.63, 3.8) is 0 Å². The number of nitrogens with zero attached hydrogens (tertiary/aromatic N) is 4. The van der Waals surface area contributed by atoms with Gasteiger partial charge < -0.3 is 5.32 Å². The van der Waals surface area contributed by atoms with E-state index in [1.54, 1.807) is 17.1 Å². The van der Waals surface area contributed by atoms with Crippen LogP contribution in [-0.4, -0.2) is 25.6 Å². The molecule has 7 nitrogen and oxygen atoms in total. The van der Waals surface area contributed by atoms with Gasteiger partial charge in [0.2, 0.25) is 0 Å². The van der Waals surface area contributed by atoms with Gasteiger partial charge >= 0.3 is 6.03 Å². The normalized spacial score (nSPS) is 12.6. The van der Waals surface area contributed by atoms with Crippen molar-refractivity contribution >= 4 is 11.8 Å². The largest absolute Gasteiger partial charge is 0.329 e. The molecule has 3 aromatic rings. The highest BCUT2D eigenvalue weighted by Crippen LogP contribution is 2.31. The highest BCUT2D eigenvalue weighted by Gasteiger charge is 2.24. The Kier molecular flexibility index (Phi) is 5.53. The predicted molar refractivity (Wildman–Crippen MR) is 111 cm³/mol. The van der Waals surface area contributed by atoms with Crippen LogP contribution in [0.5, 0.6) is 0 Å². The molecule has 0 aliphatic carbocycles. The van der Waals surface area contributed by atoms with E-state index < -0.39 is 0 Å². The van der Waals surface area contributed by atoms with Crippen LogP contribution in [0.3, 0.4) is 0 Å². The van der Waals surface area contributed by atoms with Gasteiger partial charge in [0, 0.05) is 18.8 Å². The quantitative estimate of drug-likeness (QED) is 0.692.